The normalized spacial score (nSPS) is 35.9. The highest BCUT2D eigenvalue weighted by molar-refractivity contribution is 5.77. The van der Waals surface area contributed by atoms with Gasteiger partial charge in [0.1, 0.15) is 0 Å². The van der Waals surface area contributed by atoms with Gasteiger partial charge in [0.05, 0.1) is 13.2 Å². The van der Waals surface area contributed by atoms with Crippen molar-refractivity contribution in [3.63, 3.8) is 0 Å². The molecule has 3 saturated heterocycles. The van der Waals surface area contributed by atoms with Gasteiger partial charge in [0.25, 0.3) is 0 Å². The minimum atomic E-state index is 0.181. The first-order chi connectivity index (χ1) is 9.33. The lowest BCUT2D eigenvalue weighted by molar-refractivity contribution is -0.123. The number of amides is 1. The van der Waals surface area contributed by atoms with Crippen LogP contribution in [0.25, 0.3) is 0 Å². The molecule has 3 heterocycles. The number of rotatable bonds is 3. The van der Waals surface area contributed by atoms with Gasteiger partial charge in [-0.25, -0.2) is 0 Å². The van der Waals surface area contributed by atoms with Gasteiger partial charge in [-0.3, -0.25) is 9.69 Å². The largest absolute Gasteiger partial charge is 0.378 e. The molecule has 19 heavy (non-hydrogen) atoms. The fourth-order valence-electron chi connectivity index (χ4n) is 3.66. The molecule has 1 amide bonds. The monoisotopic (exact) mass is 267 g/mol. The summed E-state index contributed by atoms with van der Waals surface area (Å²) in [6.45, 7) is 4.65. The minimum Gasteiger partial charge on any atom is -0.378 e. The summed E-state index contributed by atoms with van der Waals surface area (Å²) in [5.74, 6) is 0.181. The van der Waals surface area contributed by atoms with Crippen molar-refractivity contribution >= 4 is 5.91 Å². The molecule has 0 spiro atoms. The topological polar surface area (TPSA) is 53.6 Å². The van der Waals surface area contributed by atoms with Gasteiger partial charge in [-0.05, 0) is 25.8 Å². The summed E-state index contributed by atoms with van der Waals surface area (Å²) in [4.78, 5) is 14.7. The number of morpholine rings is 1. The van der Waals surface area contributed by atoms with Crippen LogP contribution < -0.4 is 10.6 Å². The van der Waals surface area contributed by atoms with E-state index in [2.05, 4.69) is 15.5 Å². The van der Waals surface area contributed by atoms with Crippen molar-refractivity contribution in [2.75, 3.05) is 32.8 Å². The number of ether oxygens (including phenoxy) is 1. The lowest BCUT2D eigenvalue weighted by atomic mass is 9.99. The van der Waals surface area contributed by atoms with E-state index in [1.165, 1.54) is 25.8 Å². The second kappa shape index (κ2) is 6.20. The zero-order valence-electron chi connectivity index (χ0n) is 11.6. The summed E-state index contributed by atoms with van der Waals surface area (Å²) in [5.41, 5.74) is 0. The summed E-state index contributed by atoms with van der Waals surface area (Å²) >= 11 is 0. The Hall–Kier alpha value is -0.650. The molecule has 5 heteroatoms. The van der Waals surface area contributed by atoms with Crippen molar-refractivity contribution in [1.29, 1.82) is 0 Å². The van der Waals surface area contributed by atoms with Gasteiger partial charge in [0, 0.05) is 37.6 Å². The Morgan fingerprint density at radius 1 is 1.32 bits per heavy atom. The van der Waals surface area contributed by atoms with E-state index in [0.29, 0.717) is 25.1 Å². The van der Waals surface area contributed by atoms with E-state index in [4.69, 9.17) is 4.74 Å². The highest BCUT2D eigenvalue weighted by atomic mass is 16.5. The first-order valence-electron chi connectivity index (χ1n) is 7.67. The maximum absolute atomic E-state index is 12.1. The molecular formula is C14H25N3O2. The number of carbonyl (C=O) groups excluding carboxylic acids is 1. The molecule has 3 atom stereocenters. The number of hydrogen-bond acceptors (Lipinski definition) is 4. The standard InChI is InChI=1S/C14H25N3O2/c18-14(9-11-10-19-8-5-15-11)16-12-4-7-17-6-2-1-3-13(12)17/h11-13,15H,1-10H2,(H,16,18). The van der Waals surface area contributed by atoms with Crippen molar-refractivity contribution in [3.05, 3.63) is 0 Å². The molecule has 3 rings (SSSR count). The van der Waals surface area contributed by atoms with Gasteiger partial charge in [-0.2, -0.15) is 0 Å². The molecule has 0 bridgehead atoms. The number of hydrogen-bond donors (Lipinski definition) is 2. The molecule has 5 nitrogen and oxygen atoms in total. The predicted octanol–water partition coefficient (Wildman–Crippen LogP) is 0.108. The smallest absolute Gasteiger partial charge is 0.221 e. The van der Waals surface area contributed by atoms with Gasteiger partial charge in [-0.1, -0.05) is 6.42 Å². The van der Waals surface area contributed by atoms with Crippen molar-refractivity contribution in [3.8, 4) is 0 Å². The number of carbonyl (C=O) groups is 1. The maximum Gasteiger partial charge on any atom is 0.221 e. The third-order valence-corrected chi connectivity index (χ3v) is 4.63. The van der Waals surface area contributed by atoms with Crippen LogP contribution in [0.5, 0.6) is 0 Å². The van der Waals surface area contributed by atoms with Crippen LogP contribution in [0.2, 0.25) is 0 Å². The molecular weight excluding hydrogens is 242 g/mol. The second-order valence-electron chi connectivity index (χ2n) is 5.99. The lowest BCUT2D eigenvalue weighted by Crippen LogP contribution is -2.49. The molecule has 3 aliphatic heterocycles. The Morgan fingerprint density at radius 3 is 3.11 bits per heavy atom. The average Bonchev–Trinajstić information content (AvgIpc) is 2.83. The molecule has 0 aromatic heterocycles. The summed E-state index contributed by atoms with van der Waals surface area (Å²) in [5, 5.41) is 6.58. The molecule has 0 aromatic carbocycles. The van der Waals surface area contributed by atoms with Crippen LogP contribution in [0.3, 0.4) is 0 Å². The van der Waals surface area contributed by atoms with Crippen LogP contribution in [0.4, 0.5) is 0 Å². The quantitative estimate of drug-likeness (QED) is 0.762. The average molecular weight is 267 g/mol. The fraction of sp³-hybridized carbons (Fsp3) is 0.929. The molecule has 3 aliphatic rings. The number of nitrogens with one attached hydrogen (secondary N) is 2. The van der Waals surface area contributed by atoms with Crippen molar-refractivity contribution in [1.82, 2.24) is 15.5 Å². The van der Waals surface area contributed by atoms with E-state index in [1.54, 1.807) is 0 Å². The Labute approximate surface area is 115 Å². The van der Waals surface area contributed by atoms with E-state index in [-0.39, 0.29) is 11.9 Å². The number of fused-ring (bicyclic) bond motifs is 1. The molecule has 0 radical (unpaired) electrons. The SMILES string of the molecule is O=C(CC1COCCN1)NC1CCN2CCCCC12. The van der Waals surface area contributed by atoms with Crippen LogP contribution in [-0.4, -0.2) is 61.8 Å². The van der Waals surface area contributed by atoms with Crippen molar-refractivity contribution < 1.29 is 9.53 Å². The zero-order valence-corrected chi connectivity index (χ0v) is 11.6. The van der Waals surface area contributed by atoms with Crippen LogP contribution in [0.1, 0.15) is 32.1 Å². The van der Waals surface area contributed by atoms with Crippen LogP contribution in [0, 0.1) is 0 Å². The molecule has 2 N–H and O–H groups in total. The van der Waals surface area contributed by atoms with Crippen LogP contribution in [-0.2, 0) is 9.53 Å². The zero-order chi connectivity index (χ0) is 13.1. The summed E-state index contributed by atoms with van der Waals surface area (Å²) in [7, 11) is 0. The second-order valence-corrected chi connectivity index (χ2v) is 5.99. The van der Waals surface area contributed by atoms with E-state index >= 15 is 0 Å². The van der Waals surface area contributed by atoms with Crippen LogP contribution in [0.15, 0.2) is 0 Å². The number of piperidine rings is 1. The van der Waals surface area contributed by atoms with Gasteiger partial charge < -0.3 is 15.4 Å². The van der Waals surface area contributed by atoms with Gasteiger partial charge in [0.15, 0.2) is 0 Å². The first kappa shape index (κ1) is 13.3. The summed E-state index contributed by atoms with van der Waals surface area (Å²) in [6.07, 6.45) is 5.54. The van der Waals surface area contributed by atoms with Gasteiger partial charge in [0.2, 0.25) is 5.91 Å². The predicted molar refractivity (Wildman–Crippen MR) is 73.0 cm³/mol. The fourth-order valence-corrected chi connectivity index (χ4v) is 3.66. The Balaban J connectivity index is 1.46. The summed E-state index contributed by atoms with van der Waals surface area (Å²) in [6, 6.07) is 1.16. The van der Waals surface area contributed by atoms with E-state index < -0.39 is 0 Å². The maximum atomic E-state index is 12.1. The van der Waals surface area contributed by atoms with E-state index in [0.717, 1.165) is 26.1 Å². The van der Waals surface area contributed by atoms with Gasteiger partial charge >= 0.3 is 0 Å². The third kappa shape index (κ3) is 3.27. The van der Waals surface area contributed by atoms with E-state index in [1.807, 2.05) is 0 Å². The third-order valence-electron chi connectivity index (χ3n) is 4.63. The van der Waals surface area contributed by atoms with Crippen molar-refractivity contribution in [2.45, 2.75) is 50.2 Å². The summed E-state index contributed by atoms with van der Waals surface area (Å²) < 4.78 is 5.39. The molecule has 0 saturated carbocycles. The molecule has 3 unspecified atom stereocenters. The lowest BCUT2D eigenvalue weighted by Gasteiger charge is -2.33. The Morgan fingerprint density at radius 2 is 2.26 bits per heavy atom. The van der Waals surface area contributed by atoms with E-state index in [9.17, 15) is 4.79 Å². The molecule has 0 aromatic rings. The Kier molecular flexibility index (Phi) is 4.35. The minimum absolute atomic E-state index is 0.181. The molecule has 3 fully saturated rings. The first-order valence-corrected chi connectivity index (χ1v) is 7.67. The molecule has 108 valence electrons. The highest BCUT2D eigenvalue weighted by Gasteiger charge is 2.36. The highest BCUT2D eigenvalue weighted by Crippen LogP contribution is 2.27. The van der Waals surface area contributed by atoms with Crippen molar-refractivity contribution in [2.24, 2.45) is 0 Å². The molecule has 0 aliphatic carbocycles. The van der Waals surface area contributed by atoms with Crippen LogP contribution >= 0.6 is 0 Å². The number of nitrogens with zero attached hydrogens (tertiary/aromatic N) is 1. The Bertz CT molecular complexity index is 318. The van der Waals surface area contributed by atoms with Gasteiger partial charge in [-0.15, -0.1) is 0 Å².